The molecule has 6 nitrogen and oxygen atoms in total. The van der Waals surface area contributed by atoms with Gasteiger partial charge in [-0.05, 0) is 30.1 Å². The SMILES string of the molecule is C=CC1(C)CC(=O)C2(O)C(C1)C(OC(C)=O)C(O)C1C(C)(C)CCC(O)C12C. The fourth-order valence-corrected chi connectivity index (χ4v) is 6.70. The fourth-order valence-electron chi connectivity index (χ4n) is 6.70. The van der Waals surface area contributed by atoms with Crippen LogP contribution in [0.2, 0.25) is 0 Å². The van der Waals surface area contributed by atoms with E-state index in [1.807, 2.05) is 20.8 Å². The first-order valence-electron chi connectivity index (χ1n) is 10.2. The van der Waals surface area contributed by atoms with E-state index in [4.69, 9.17) is 4.74 Å². The highest BCUT2D eigenvalue weighted by Crippen LogP contribution is 2.66. The Morgan fingerprint density at radius 3 is 2.39 bits per heavy atom. The summed E-state index contributed by atoms with van der Waals surface area (Å²) >= 11 is 0. The number of esters is 1. The number of hydrogen-bond acceptors (Lipinski definition) is 6. The van der Waals surface area contributed by atoms with E-state index in [9.17, 15) is 24.9 Å². The van der Waals surface area contributed by atoms with Crippen molar-refractivity contribution in [3.05, 3.63) is 12.7 Å². The summed E-state index contributed by atoms with van der Waals surface area (Å²) in [7, 11) is 0. The Balaban J connectivity index is 2.24. The molecule has 0 amide bonds. The molecule has 3 saturated carbocycles. The molecule has 8 atom stereocenters. The van der Waals surface area contributed by atoms with Gasteiger partial charge in [0.2, 0.25) is 0 Å². The van der Waals surface area contributed by atoms with Crippen LogP contribution in [0, 0.1) is 28.1 Å². The van der Waals surface area contributed by atoms with Crippen LogP contribution in [0.5, 0.6) is 0 Å². The molecule has 6 heteroatoms. The van der Waals surface area contributed by atoms with Crippen LogP contribution in [0.4, 0.5) is 0 Å². The van der Waals surface area contributed by atoms with Crippen molar-refractivity contribution in [3.8, 4) is 0 Å². The van der Waals surface area contributed by atoms with E-state index in [0.29, 0.717) is 19.3 Å². The van der Waals surface area contributed by atoms with E-state index in [-0.39, 0.29) is 12.2 Å². The lowest BCUT2D eigenvalue weighted by Crippen LogP contribution is -2.79. The summed E-state index contributed by atoms with van der Waals surface area (Å²) in [6.07, 6.45) is 0.146. The molecule has 0 spiro atoms. The Hall–Kier alpha value is -1.24. The standard InChI is InChI=1S/C22H34O6/c1-7-20(5)10-13-17(28-12(2)23)16(26)18-19(3,4)9-8-14(24)21(18,6)22(13,27)15(25)11-20/h7,13-14,16-18,24,26-27H,1,8-11H2,2-6H3. The molecule has 0 radical (unpaired) electrons. The Morgan fingerprint density at radius 2 is 1.86 bits per heavy atom. The molecule has 28 heavy (non-hydrogen) atoms. The maximum absolute atomic E-state index is 13.4. The van der Waals surface area contributed by atoms with Gasteiger partial charge in [-0.2, -0.15) is 0 Å². The van der Waals surface area contributed by atoms with Gasteiger partial charge in [-0.15, -0.1) is 6.58 Å². The first-order valence-corrected chi connectivity index (χ1v) is 10.2. The third kappa shape index (κ3) is 2.64. The van der Waals surface area contributed by atoms with Gasteiger partial charge in [0.15, 0.2) is 5.78 Å². The molecule has 3 aliphatic carbocycles. The number of Topliss-reactive ketones (excluding diaryl/α,β-unsaturated/α-hetero) is 1. The first-order chi connectivity index (χ1) is 12.7. The number of aliphatic hydroxyl groups excluding tert-OH is 2. The van der Waals surface area contributed by atoms with Crippen molar-refractivity contribution in [2.24, 2.45) is 28.1 Å². The predicted octanol–water partition coefficient (Wildman–Crippen LogP) is 2.00. The van der Waals surface area contributed by atoms with Crippen LogP contribution in [0.3, 0.4) is 0 Å². The summed E-state index contributed by atoms with van der Waals surface area (Å²) in [4.78, 5) is 25.3. The lowest BCUT2D eigenvalue weighted by atomic mass is 9.39. The Kier molecular flexibility index (Phi) is 4.89. The Labute approximate surface area is 167 Å². The molecular formula is C22H34O6. The highest BCUT2D eigenvalue weighted by atomic mass is 16.6. The van der Waals surface area contributed by atoms with E-state index in [1.165, 1.54) is 6.92 Å². The van der Waals surface area contributed by atoms with E-state index in [1.54, 1.807) is 13.0 Å². The number of rotatable bonds is 2. The molecule has 3 rings (SSSR count). The average Bonchev–Trinajstić information content (AvgIpc) is 2.58. The van der Waals surface area contributed by atoms with Crippen LogP contribution >= 0.6 is 0 Å². The number of allylic oxidation sites excluding steroid dienone is 1. The second-order valence-electron chi connectivity index (χ2n) is 10.4. The summed E-state index contributed by atoms with van der Waals surface area (Å²) in [5, 5.41) is 34.4. The second-order valence-corrected chi connectivity index (χ2v) is 10.4. The molecule has 0 aromatic carbocycles. The molecule has 3 aliphatic rings. The van der Waals surface area contributed by atoms with Crippen LogP contribution in [0.25, 0.3) is 0 Å². The van der Waals surface area contributed by atoms with E-state index in [2.05, 4.69) is 6.58 Å². The van der Waals surface area contributed by atoms with Crippen molar-refractivity contribution in [1.82, 2.24) is 0 Å². The van der Waals surface area contributed by atoms with Crippen molar-refractivity contribution in [2.75, 3.05) is 0 Å². The first kappa shape index (κ1) is 21.5. The molecule has 3 N–H and O–H groups in total. The van der Waals surface area contributed by atoms with Gasteiger partial charge in [-0.3, -0.25) is 9.59 Å². The van der Waals surface area contributed by atoms with Gasteiger partial charge in [0.1, 0.15) is 11.7 Å². The zero-order valence-electron chi connectivity index (χ0n) is 17.6. The molecule has 0 bridgehead atoms. The molecular weight excluding hydrogens is 360 g/mol. The van der Waals surface area contributed by atoms with Crippen LogP contribution in [-0.2, 0) is 14.3 Å². The van der Waals surface area contributed by atoms with Crippen molar-refractivity contribution in [2.45, 2.75) is 84.2 Å². The van der Waals surface area contributed by atoms with Crippen LogP contribution in [0.1, 0.15) is 60.3 Å². The third-order valence-corrected chi connectivity index (χ3v) is 8.15. The Morgan fingerprint density at radius 1 is 1.25 bits per heavy atom. The summed E-state index contributed by atoms with van der Waals surface area (Å²) in [6, 6.07) is 0. The largest absolute Gasteiger partial charge is 0.459 e. The number of ether oxygens (including phenoxy) is 1. The molecule has 158 valence electrons. The van der Waals surface area contributed by atoms with Gasteiger partial charge in [0, 0.05) is 30.6 Å². The van der Waals surface area contributed by atoms with Gasteiger partial charge < -0.3 is 20.1 Å². The predicted molar refractivity (Wildman–Crippen MR) is 103 cm³/mol. The van der Waals surface area contributed by atoms with Crippen LogP contribution in [0.15, 0.2) is 12.7 Å². The zero-order valence-corrected chi connectivity index (χ0v) is 17.6. The molecule has 8 unspecified atom stereocenters. The lowest BCUT2D eigenvalue weighted by molar-refractivity contribution is -0.304. The van der Waals surface area contributed by atoms with Gasteiger partial charge in [0.05, 0.1) is 12.2 Å². The van der Waals surface area contributed by atoms with Crippen molar-refractivity contribution < 1.29 is 29.6 Å². The molecule has 0 heterocycles. The third-order valence-electron chi connectivity index (χ3n) is 8.15. The minimum Gasteiger partial charge on any atom is -0.459 e. The van der Waals surface area contributed by atoms with Crippen molar-refractivity contribution in [1.29, 1.82) is 0 Å². The second kappa shape index (κ2) is 6.38. The van der Waals surface area contributed by atoms with Crippen molar-refractivity contribution >= 4 is 11.8 Å². The summed E-state index contributed by atoms with van der Waals surface area (Å²) in [5.41, 5.74) is -4.16. The van der Waals surface area contributed by atoms with Crippen LogP contribution in [-0.4, -0.2) is 51.0 Å². The quantitative estimate of drug-likeness (QED) is 0.489. The topological polar surface area (TPSA) is 104 Å². The number of aliphatic hydroxyl groups is 3. The smallest absolute Gasteiger partial charge is 0.303 e. The normalized spacial score (nSPS) is 50.3. The zero-order chi connectivity index (χ0) is 21.3. The van der Waals surface area contributed by atoms with Crippen LogP contribution < -0.4 is 0 Å². The maximum atomic E-state index is 13.4. The summed E-state index contributed by atoms with van der Waals surface area (Å²) in [5.74, 6) is -2.37. The van der Waals surface area contributed by atoms with E-state index >= 15 is 0 Å². The van der Waals surface area contributed by atoms with Gasteiger partial charge in [-0.25, -0.2) is 0 Å². The van der Waals surface area contributed by atoms with Gasteiger partial charge in [-0.1, -0.05) is 33.8 Å². The number of carbonyl (C=O) groups is 2. The highest BCUT2D eigenvalue weighted by molar-refractivity contribution is 5.91. The molecule has 0 aliphatic heterocycles. The number of ketones is 1. The Bertz CT molecular complexity index is 701. The van der Waals surface area contributed by atoms with Gasteiger partial charge >= 0.3 is 5.97 Å². The molecule has 3 fully saturated rings. The molecule has 0 saturated heterocycles. The van der Waals surface area contributed by atoms with Gasteiger partial charge in [0.25, 0.3) is 0 Å². The highest BCUT2D eigenvalue weighted by Gasteiger charge is 2.75. The maximum Gasteiger partial charge on any atom is 0.303 e. The molecule has 0 aromatic heterocycles. The number of carbonyl (C=O) groups excluding carboxylic acids is 2. The minimum absolute atomic E-state index is 0.0991. The molecule has 0 aromatic rings. The number of hydrogen-bond donors (Lipinski definition) is 3. The van der Waals surface area contributed by atoms with E-state index in [0.717, 1.165) is 0 Å². The average molecular weight is 395 g/mol. The monoisotopic (exact) mass is 394 g/mol. The summed E-state index contributed by atoms with van der Waals surface area (Å²) in [6.45, 7) is 12.6. The van der Waals surface area contributed by atoms with E-state index < -0.39 is 58.0 Å². The van der Waals surface area contributed by atoms with Crippen molar-refractivity contribution in [3.63, 3.8) is 0 Å². The lowest BCUT2D eigenvalue weighted by Gasteiger charge is -2.68. The summed E-state index contributed by atoms with van der Waals surface area (Å²) < 4.78 is 5.53. The minimum atomic E-state index is -1.89. The fraction of sp³-hybridized carbons (Fsp3) is 0.818. The number of fused-ring (bicyclic) bond motifs is 3.